The molecule has 1 fully saturated rings. The first kappa shape index (κ1) is 18.1. The second kappa shape index (κ2) is 7.01. The fourth-order valence-corrected chi connectivity index (χ4v) is 5.15. The van der Waals surface area contributed by atoms with Crippen LogP contribution in [0.15, 0.2) is 41.4 Å². The van der Waals surface area contributed by atoms with E-state index in [-0.39, 0.29) is 18.4 Å². The molecule has 4 rings (SSSR count). The number of amides is 1. The van der Waals surface area contributed by atoms with E-state index in [0.29, 0.717) is 24.4 Å². The maximum Gasteiger partial charge on any atom is 0.243 e. The van der Waals surface area contributed by atoms with Crippen LogP contribution in [-0.4, -0.2) is 53.1 Å². The Morgan fingerprint density at radius 3 is 2.67 bits per heavy atom. The number of likely N-dealkylation sites (tertiary alicyclic amines) is 1. The predicted octanol–water partition coefficient (Wildman–Crippen LogP) is 1.56. The minimum absolute atomic E-state index is 0.0808. The fourth-order valence-electron chi connectivity index (χ4n) is 3.71. The minimum Gasteiger partial charge on any atom is -0.342 e. The molecular formula is C19H22N4O3S. The lowest BCUT2D eigenvalue weighted by molar-refractivity contribution is -0.127. The summed E-state index contributed by atoms with van der Waals surface area (Å²) < 4.78 is 27.1. The van der Waals surface area contributed by atoms with E-state index in [1.807, 2.05) is 4.90 Å². The van der Waals surface area contributed by atoms with Gasteiger partial charge < -0.3 is 4.90 Å². The van der Waals surface area contributed by atoms with Crippen molar-refractivity contribution >= 4 is 15.9 Å². The smallest absolute Gasteiger partial charge is 0.243 e. The van der Waals surface area contributed by atoms with E-state index in [4.69, 9.17) is 4.98 Å². The molecular weight excluding hydrogens is 364 g/mol. The number of nitrogens with zero attached hydrogens (tertiary/aromatic N) is 4. The van der Waals surface area contributed by atoms with E-state index in [0.717, 1.165) is 30.0 Å². The van der Waals surface area contributed by atoms with Crippen LogP contribution in [0.4, 0.5) is 0 Å². The number of rotatable bonds is 3. The summed E-state index contributed by atoms with van der Waals surface area (Å²) in [5.41, 5.74) is 1.77. The van der Waals surface area contributed by atoms with Gasteiger partial charge in [-0.05, 0) is 18.6 Å². The number of hydrogen-bond acceptors (Lipinski definition) is 5. The zero-order valence-corrected chi connectivity index (χ0v) is 16.0. The lowest BCUT2D eigenvalue weighted by Gasteiger charge is -2.27. The van der Waals surface area contributed by atoms with Gasteiger partial charge in [-0.15, -0.1) is 0 Å². The zero-order valence-electron chi connectivity index (χ0n) is 15.2. The topological polar surface area (TPSA) is 83.5 Å². The normalized spacial score (nSPS) is 20.5. The fraction of sp³-hybridized carbons (Fsp3) is 0.421. The summed E-state index contributed by atoms with van der Waals surface area (Å²) >= 11 is 0. The first-order valence-electron chi connectivity index (χ1n) is 9.10. The van der Waals surface area contributed by atoms with E-state index in [1.54, 1.807) is 43.5 Å². The lowest BCUT2D eigenvalue weighted by atomic mass is 10.1. The highest BCUT2D eigenvalue weighted by Crippen LogP contribution is 2.28. The van der Waals surface area contributed by atoms with Gasteiger partial charge in [0.2, 0.25) is 15.9 Å². The van der Waals surface area contributed by atoms with Gasteiger partial charge in [0.25, 0.3) is 0 Å². The number of carbonyl (C=O) groups is 1. The van der Waals surface area contributed by atoms with Crippen LogP contribution >= 0.6 is 0 Å². The molecule has 1 amide bonds. The molecule has 0 spiro atoms. The molecule has 3 heterocycles. The molecule has 1 aromatic carbocycles. The molecule has 27 heavy (non-hydrogen) atoms. The summed E-state index contributed by atoms with van der Waals surface area (Å²) in [5, 5.41) is 0. The van der Waals surface area contributed by atoms with Gasteiger partial charge in [0.05, 0.1) is 4.90 Å². The van der Waals surface area contributed by atoms with Crippen LogP contribution in [0.5, 0.6) is 0 Å². The highest BCUT2D eigenvalue weighted by atomic mass is 32.2. The quantitative estimate of drug-likeness (QED) is 0.799. The summed E-state index contributed by atoms with van der Waals surface area (Å²) in [5.74, 6) is 0.999. The van der Waals surface area contributed by atoms with Gasteiger partial charge in [-0.3, -0.25) is 4.79 Å². The summed E-state index contributed by atoms with van der Waals surface area (Å²) in [6.45, 7) is 3.67. The average Bonchev–Trinajstić information content (AvgIpc) is 3.18. The molecule has 7 nitrogen and oxygen atoms in total. The van der Waals surface area contributed by atoms with Gasteiger partial charge in [0.1, 0.15) is 5.82 Å². The molecule has 1 saturated heterocycles. The molecule has 0 aliphatic carbocycles. The summed E-state index contributed by atoms with van der Waals surface area (Å²) in [6.07, 6.45) is 3.19. The van der Waals surface area contributed by atoms with Crippen molar-refractivity contribution in [3.8, 4) is 0 Å². The largest absolute Gasteiger partial charge is 0.342 e. The van der Waals surface area contributed by atoms with Crippen LogP contribution in [0.1, 0.15) is 36.3 Å². The molecule has 8 heteroatoms. The molecule has 1 unspecified atom stereocenters. The molecule has 2 aromatic rings. The molecule has 0 radical (unpaired) electrons. The Morgan fingerprint density at radius 2 is 1.96 bits per heavy atom. The number of sulfonamides is 1. The van der Waals surface area contributed by atoms with Crippen molar-refractivity contribution in [2.75, 3.05) is 19.6 Å². The maximum atomic E-state index is 12.8. The first-order chi connectivity index (χ1) is 12.9. The lowest BCUT2D eigenvalue weighted by Crippen LogP contribution is -2.36. The van der Waals surface area contributed by atoms with Crippen molar-refractivity contribution in [3.63, 3.8) is 0 Å². The standard InChI is InChI=1S/C19H22N4O3S/c1-14(24)22-9-7-15(12-22)19-20-11-16-13-23(10-8-18(16)21-19)27(25,26)17-5-3-2-4-6-17/h2-6,11,15H,7-10,12-13H2,1H3. The highest BCUT2D eigenvalue weighted by molar-refractivity contribution is 7.89. The van der Waals surface area contributed by atoms with E-state index in [2.05, 4.69) is 4.98 Å². The van der Waals surface area contributed by atoms with E-state index >= 15 is 0 Å². The minimum atomic E-state index is -3.51. The van der Waals surface area contributed by atoms with E-state index in [9.17, 15) is 13.2 Å². The average molecular weight is 386 g/mol. The summed E-state index contributed by atoms with van der Waals surface area (Å²) in [7, 11) is -3.51. The van der Waals surface area contributed by atoms with Gasteiger partial charge in [-0.2, -0.15) is 4.31 Å². The number of benzene rings is 1. The second-order valence-electron chi connectivity index (χ2n) is 7.05. The summed E-state index contributed by atoms with van der Waals surface area (Å²) in [6, 6.07) is 8.49. The number of hydrogen-bond donors (Lipinski definition) is 0. The van der Waals surface area contributed by atoms with Crippen LogP contribution in [0.3, 0.4) is 0 Å². The zero-order chi connectivity index (χ0) is 19.0. The molecule has 0 saturated carbocycles. The Hall–Kier alpha value is -2.32. The molecule has 1 atom stereocenters. The maximum absolute atomic E-state index is 12.8. The van der Waals surface area contributed by atoms with Crippen LogP contribution in [0, 0.1) is 0 Å². The first-order valence-corrected chi connectivity index (χ1v) is 10.5. The highest BCUT2D eigenvalue weighted by Gasteiger charge is 2.31. The van der Waals surface area contributed by atoms with Gasteiger partial charge in [-0.1, -0.05) is 18.2 Å². The number of carbonyl (C=O) groups excluding carboxylic acids is 1. The summed E-state index contributed by atoms with van der Waals surface area (Å²) in [4.78, 5) is 22.8. The second-order valence-corrected chi connectivity index (χ2v) is 8.99. The van der Waals surface area contributed by atoms with Crippen LogP contribution < -0.4 is 0 Å². The predicted molar refractivity (Wildman–Crippen MR) is 99.4 cm³/mol. The molecule has 2 aliphatic heterocycles. The third kappa shape index (κ3) is 3.46. The van der Waals surface area contributed by atoms with Crippen molar-refractivity contribution in [2.24, 2.45) is 0 Å². The monoisotopic (exact) mass is 386 g/mol. The van der Waals surface area contributed by atoms with Gasteiger partial charge in [0, 0.05) is 62.9 Å². The van der Waals surface area contributed by atoms with Gasteiger partial charge in [-0.25, -0.2) is 18.4 Å². The van der Waals surface area contributed by atoms with Crippen LogP contribution in [-0.2, 0) is 27.8 Å². The van der Waals surface area contributed by atoms with Crippen LogP contribution in [0.25, 0.3) is 0 Å². The Kier molecular flexibility index (Phi) is 4.69. The Balaban J connectivity index is 1.53. The van der Waals surface area contributed by atoms with Gasteiger partial charge >= 0.3 is 0 Å². The van der Waals surface area contributed by atoms with Crippen molar-refractivity contribution in [3.05, 3.63) is 53.6 Å². The van der Waals surface area contributed by atoms with E-state index in [1.165, 1.54) is 4.31 Å². The number of fused-ring (bicyclic) bond motifs is 1. The third-order valence-corrected chi connectivity index (χ3v) is 7.16. The molecule has 2 aliphatic rings. The van der Waals surface area contributed by atoms with Gasteiger partial charge in [0.15, 0.2) is 0 Å². The Bertz CT molecular complexity index is 962. The Morgan fingerprint density at radius 1 is 1.19 bits per heavy atom. The SMILES string of the molecule is CC(=O)N1CCC(c2ncc3c(n2)CCN(S(=O)(=O)c2ccccc2)C3)C1. The Labute approximate surface area is 159 Å². The van der Waals surface area contributed by atoms with E-state index < -0.39 is 10.0 Å². The molecule has 142 valence electrons. The van der Waals surface area contributed by atoms with Crippen molar-refractivity contribution in [1.82, 2.24) is 19.2 Å². The van der Waals surface area contributed by atoms with Crippen molar-refractivity contribution in [2.45, 2.75) is 37.1 Å². The third-order valence-electron chi connectivity index (χ3n) is 5.30. The van der Waals surface area contributed by atoms with Crippen LogP contribution in [0.2, 0.25) is 0 Å². The molecule has 0 bridgehead atoms. The molecule has 1 aromatic heterocycles. The molecule has 0 N–H and O–H groups in total. The van der Waals surface area contributed by atoms with Crippen molar-refractivity contribution in [1.29, 1.82) is 0 Å². The van der Waals surface area contributed by atoms with Crippen molar-refractivity contribution < 1.29 is 13.2 Å². The number of aromatic nitrogens is 2.